The number of ether oxygens (including phenoxy) is 1. The molecule has 1 amide bonds. The van der Waals surface area contributed by atoms with E-state index >= 15 is 0 Å². The van der Waals surface area contributed by atoms with Crippen LogP contribution in [0.4, 0.5) is 8.78 Å². The Morgan fingerprint density at radius 1 is 1.31 bits per heavy atom. The highest BCUT2D eigenvalue weighted by Crippen LogP contribution is 2.39. The van der Waals surface area contributed by atoms with E-state index in [1.807, 2.05) is 0 Å². The Kier molecular flexibility index (Phi) is 4.67. The number of likely N-dealkylation sites (tertiary alicyclic amines) is 1. The average molecular weight is 413 g/mol. The van der Waals surface area contributed by atoms with Gasteiger partial charge in [-0.25, -0.2) is 13.6 Å². The van der Waals surface area contributed by atoms with Crippen LogP contribution in [0.15, 0.2) is 12.1 Å². The molecule has 29 heavy (non-hydrogen) atoms. The fraction of sp³-hybridized carbons (Fsp3) is 0.529. The highest BCUT2D eigenvalue weighted by molar-refractivity contribution is 6.59. The first-order valence-corrected chi connectivity index (χ1v) is 9.30. The SMILES string of the molecule is O=C(O)c1c(OC2CN(C(=O)[C@@H]3CC(F)(F)CN3)C2)ccc2c1O[B-](O)(O)CC2. The van der Waals surface area contributed by atoms with E-state index in [1.165, 1.54) is 11.0 Å². The van der Waals surface area contributed by atoms with Crippen LogP contribution in [-0.4, -0.2) is 76.4 Å². The van der Waals surface area contributed by atoms with Gasteiger partial charge in [-0.05, 0) is 18.1 Å². The molecule has 0 aromatic heterocycles. The van der Waals surface area contributed by atoms with E-state index in [4.69, 9.17) is 9.39 Å². The maximum atomic E-state index is 13.3. The molecule has 0 radical (unpaired) electrons. The second-order valence-corrected chi connectivity index (χ2v) is 7.72. The molecule has 2 fully saturated rings. The fourth-order valence-corrected chi connectivity index (χ4v) is 3.81. The number of benzene rings is 1. The predicted octanol–water partition coefficient (Wildman–Crippen LogP) is -0.170. The van der Waals surface area contributed by atoms with Gasteiger partial charge < -0.3 is 29.4 Å². The van der Waals surface area contributed by atoms with Crippen molar-refractivity contribution in [2.24, 2.45) is 0 Å². The molecule has 4 N–H and O–H groups in total. The van der Waals surface area contributed by atoms with Gasteiger partial charge >= 0.3 is 12.7 Å². The molecule has 0 unspecified atom stereocenters. The molecule has 3 heterocycles. The van der Waals surface area contributed by atoms with E-state index < -0.39 is 49.7 Å². The highest BCUT2D eigenvalue weighted by atomic mass is 19.3. The zero-order valence-electron chi connectivity index (χ0n) is 15.3. The summed E-state index contributed by atoms with van der Waals surface area (Å²) in [5.74, 6) is -4.86. The summed E-state index contributed by atoms with van der Waals surface area (Å²) >= 11 is 0. The number of aromatic carboxylic acids is 1. The summed E-state index contributed by atoms with van der Waals surface area (Å²) in [4.78, 5) is 25.4. The van der Waals surface area contributed by atoms with Gasteiger partial charge in [0.1, 0.15) is 17.4 Å². The van der Waals surface area contributed by atoms with Crippen LogP contribution < -0.4 is 14.7 Å². The second kappa shape index (κ2) is 6.82. The van der Waals surface area contributed by atoms with Crippen LogP contribution in [0, 0.1) is 0 Å². The number of aryl methyl sites for hydroxylation is 1. The van der Waals surface area contributed by atoms with Gasteiger partial charge in [-0.2, -0.15) is 0 Å². The summed E-state index contributed by atoms with van der Waals surface area (Å²) in [5, 5.41) is 31.6. The van der Waals surface area contributed by atoms with E-state index in [0.29, 0.717) is 5.56 Å². The zero-order valence-corrected chi connectivity index (χ0v) is 15.3. The molecule has 0 aliphatic carbocycles. The number of fused-ring (bicyclic) bond motifs is 1. The Bertz CT molecular complexity index is 860. The third kappa shape index (κ3) is 3.87. The van der Waals surface area contributed by atoms with Gasteiger partial charge in [-0.3, -0.25) is 10.1 Å². The number of carbonyl (C=O) groups excluding carboxylic acids is 1. The first-order chi connectivity index (χ1) is 13.5. The van der Waals surface area contributed by atoms with Crippen molar-refractivity contribution in [3.8, 4) is 11.5 Å². The molecule has 0 bridgehead atoms. The van der Waals surface area contributed by atoms with E-state index in [2.05, 4.69) is 5.32 Å². The van der Waals surface area contributed by atoms with Gasteiger partial charge in [0.15, 0.2) is 0 Å². The summed E-state index contributed by atoms with van der Waals surface area (Å²) < 4.78 is 37.3. The first kappa shape index (κ1) is 19.9. The molecule has 3 aliphatic heterocycles. The molecule has 0 spiro atoms. The van der Waals surface area contributed by atoms with Crippen LogP contribution in [0.1, 0.15) is 22.3 Å². The minimum atomic E-state index is -3.14. The number of hydrogen-bond acceptors (Lipinski definition) is 7. The van der Waals surface area contributed by atoms with E-state index in [1.54, 1.807) is 6.07 Å². The molecule has 1 aromatic carbocycles. The van der Waals surface area contributed by atoms with Crippen molar-refractivity contribution in [2.75, 3.05) is 19.6 Å². The maximum Gasteiger partial charge on any atom is 0.430 e. The van der Waals surface area contributed by atoms with Crippen LogP contribution >= 0.6 is 0 Å². The summed E-state index contributed by atoms with van der Waals surface area (Å²) in [6.45, 7) is -3.41. The number of halogens is 2. The molecule has 3 aliphatic rings. The third-order valence-corrected chi connectivity index (χ3v) is 5.37. The Hall–Kier alpha value is -2.44. The van der Waals surface area contributed by atoms with Crippen LogP contribution in [0.25, 0.3) is 0 Å². The quantitative estimate of drug-likeness (QED) is 0.501. The van der Waals surface area contributed by atoms with Gasteiger partial charge in [0.25, 0.3) is 5.92 Å². The number of nitrogens with one attached hydrogen (secondary N) is 1. The standard InChI is InChI=1S/C17H20BF2N2O7/c19-17(20)5-11(21-8-17)15(23)22-6-10(7-22)28-12-2-1-9-3-4-18(26,27)29-14(9)13(12)16(24)25/h1-2,10-11,21,26-27H,3-8H2,(H,24,25)/q-1/t11-/m0/s1. The molecule has 1 atom stereocenters. The van der Waals surface area contributed by atoms with Crippen molar-refractivity contribution in [2.45, 2.75) is 37.2 Å². The van der Waals surface area contributed by atoms with Gasteiger partial charge in [0, 0.05) is 6.42 Å². The highest BCUT2D eigenvalue weighted by Gasteiger charge is 2.46. The first-order valence-electron chi connectivity index (χ1n) is 9.30. The summed E-state index contributed by atoms with van der Waals surface area (Å²) in [6, 6.07) is 2.11. The number of amides is 1. The lowest BCUT2D eigenvalue weighted by atomic mass is 9.70. The van der Waals surface area contributed by atoms with Crippen molar-refractivity contribution in [1.29, 1.82) is 0 Å². The zero-order chi connectivity index (χ0) is 21.0. The Balaban J connectivity index is 1.44. The number of alkyl halides is 2. The Morgan fingerprint density at radius 2 is 2.03 bits per heavy atom. The molecule has 4 rings (SSSR count). The molecule has 9 nitrogen and oxygen atoms in total. The molecular weight excluding hydrogens is 393 g/mol. The number of carboxylic acid groups (broad SMARTS) is 1. The van der Waals surface area contributed by atoms with Gasteiger partial charge in [0.05, 0.1) is 31.4 Å². The van der Waals surface area contributed by atoms with Crippen LogP contribution in [0.3, 0.4) is 0 Å². The minimum absolute atomic E-state index is 0.0210. The van der Waals surface area contributed by atoms with Gasteiger partial charge in [-0.15, -0.1) is 0 Å². The van der Waals surface area contributed by atoms with Crippen LogP contribution in [-0.2, 0) is 11.2 Å². The lowest BCUT2D eigenvalue weighted by molar-refractivity contribution is -0.142. The molecule has 0 saturated carbocycles. The number of hydrogen-bond donors (Lipinski definition) is 4. The summed E-state index contributed by atoms with van der Waals surface area (Å²) in [7, 11) is 0. The minimum Gasteiger partial charge on any atom is -0.669 e. The lowest BCUT2D eigenvalue weighted by Gasteiger charge is -2.41. The average Bonchev–Trinajstić information content (AvgIpc) is 2.95. The summed E-state index contributed by atoms with van der Waals surface area (Å²) in [6.07, 6.45) is -0.863. The molecule has 2 saturated heterocycles. The van der Waals surface area contributed by atoms with Crippen LogP contribution in [0.2, 0.25) is 6.32 Å². The number of carboxylic acids is 1. The second-order valence-electron chi connectivity index (χ2n) is 7.72. The van der Waals surface area contributed by atoms with Crippen molar-refractivity contribution in [3.63, 3.8) is 0 Å². The van der Waals surface area contributed by atoms with Crippen molar-refractivity contribution in [1.82, 2.24) is 10.2 Å². The number of rotatable bonds is 4. The molecule has 1 aromatic rings. The fourth-order valence-electron chi connectivity index (χ4n) is 3.81. The monoisotopic (exact) mass is 413 g/mol. The van der Waals surface area contributed by atoms with Gasteiger partial charge in [0.2, 0.25) is 5.91 Å². The number of carbonyl (C=O) groups is 2. The van der Waals surface area contributed by atoms with E-state index in [-0.39, 0.29) is 42.9 Å². The lowest BCUT2D eigenvalue weighted by Crippen LogP contribution is -2.59. The third-order valence-electron chi connectivity index (χ3n) is 5.37. The van der Waals surface area contributed by atoms with Crippen LogP contribution in [0.5, 0.6) is 11.5 Å². The van der Waals surface area contributed by atoms with Crippen molar-refractivity contribution >= 4 is 18.6 Å². The molecule has 158 valence electrons. The predicted molar refractivity (Wildman–Crippen MR) is 95.1 cm³/mol. The van der Waals surface area contributed by atoms with Crippen molar-refractivity contribution in [3.05, 3.63) is 23.3 Å². The smallest absolute Gasteiger partial charge is 0.430 e. The molecule has 12 heteroatoms. The maximum absolute atomic E-state index is 13.3. The van der Waals surface area contributed by atoms with E-state index in [9.17, 15) is 33.5 Å². The van der Waals surface area contributed by atoms with E-state index in [0.717, 1.165) is 0 Å². The molecular formula is C17H20BF2N2O7-. The normalized spacial score (nSPS) is 25.0. The summed E-state index contributed by atoms with van der Waals surface area (Å²) in [5.41, 5.74) is 0.201. The largest absolute Gasteiger partial charge is 0.669 e. The van der Waals surface area contributed by atoms with Crippen molar-refractivity contribution < 1.29 is 42.9 Å². The topological polar surface area (TPSA) is 129 Å². The Morgan fingerprint density at radius 3 is 2.66 bits per heavy atom. The van der Waals surface area contributed by atoms with Gasteiger partial charge in [-0.1, -0.05) is 12.4 Å². The number of nitrogens with zero attached hydrogens (tertiary/aromatic N) is 1. The Labute approximate surface area is 164 Å².